The summed E-state index contributed by atoms with van der Waals surface area (Å²) in [6, 6.07) is 3.86. The number of aromatic nitrogens is 2. The van der Waals surface area contributed by atoms with Crippen LogP contribution < -0.4 is 5.43 Å². The number of carbonyl (C=O) groups is 1. The summed E-state index contributed by atoms with van der Waals surface area (Å²) in [4.78, 5) is 16.6. The Hall–Kier alpha value is -1.95. The van der Waals surface area contributed by atoms with Gasteiger partial charge in [0.2, 0.25) is 0 Å². The Morgan fingerprint density at radius 2 is 2.59 bits per heavy atom. The number of aryl methyl sites for hydroxylation is 1. The minimum atomic E-state index is -0.168. The Kier molecular flexibility index (Phi) is 3.66. The molecular weight excluding hydrogens is 236 g/mol. The normalized spacial score (nSPS) is 10.9. The van der Waals surface area contributed by atoms with Crippen LogP contribution in [0.3, 0.4) is 0 Å². The molecule has 0 atom stereocenters. The molecule has 2 heterocycles. The SMILES string of the molecule is Cc1nccn1CC(=O)NN=Cc1cccs1. The van der Waals surface area contributed by atoms with E-state index in [1.807, 2.05) is 24.4 Å². The fourth-order valence-corrected chi connectivity index (χ4v) is 1.88. The van der Waals surface area contributed by atoms with Crippen molar-refractivity contribution in [1.82, 2.24) is 15.0 Å². The number of hydrogen-bond acceptors (Lipinski definition) is 4. The lowest BCUT2D eigenvalue weighted by atomic mass is 10.5. The quantitative estimate of drug-likeness (QED) is 0.657. The highest BCUT2D eigenvalue weighted by Crippen LogP contribution is 2.04. The molecule has 0 radical (unpaired) electrons. The highest BCUT2D eigenvalue weighted by Gasteiger charge is 2.02. The summed E-state index contributed by atoms with van der Waals surface area (Å²) in [5, 5.41) is 5.83. The molecule has 0 fully saturated rings. The van der Waals surface area contributed by atoms with E-state index in [-0.39, 0.29) is 12.5 Å². The van der Waals surface area contributed by atoms with Crippen LogP contribution in [-0.4, -0.2) is 21.7 Å². The fourth-order valence-electron chi connectivity index (χ4n) is 1.29. The van der Waals surface area contributed by atoms with Crippen molar-refractivity contribution in [2.24, 2.45) is 5.10 Å². The maximum atomic E-state index is 11.5. The predicted octanol–water partition coefficient (Wildman–Crippen LogP) is 1.40. The highest BCUT2D eigenvalue weighted by atomic mass is 32.1. The minimum Gasteiger partial charge on any atom is -0.326 e. The largest absolute Gasteiger partial charge is 0.326 e. The summed E-state index contributed by atoms with van der Waals surface area (Å²) >= 11 is 1.57. The summed E-state index contributed by atoms with van der Waals surface area (Å²) in [6.07, 6.45) is 5.05. The second-order valence-electron chi connectivity index (χ2n) is 3.41. The maximum Gasteiger partial charge on any atom is 0.260 e. The van der Waals surface area contributed by atoms with E-state index in [9.17, 15) is 4.79 Å². The zero-order chi connectivity index (χ0) is 12.1. The molecule has 0 unspecified atom stereocenters. The van der Waals surface area contributed by atoms with Crippen molar-refractivity contribution in [3.63, 3.8) is 0 Å². The van der Waals surface area contributed by atoms with Gasteiger partial charge in [0.1, 0.15) is 12.4 Å². The number of hydrogen-bond donors (Lipinski definition) is 1. The second kappa shape index (κ2) is 5.40. The van der Waals surface area contributed by atoms with Crippen LogP contribution in [0.25, 0.3) is 0 Å². The van der Waals surface area contributed by atoms with Gasteiger partial charge in [0, 0.05) is 17.3 Å². The number of nitrogens with zero attached hydrogens (tertiary/aromatic N) is 3. The van der Waals surface area contributed by atoms with Gasteiger partial charge in [0.05, 0.1) is 6.21 Å². The molecule has 0 saturated carbocycles. The van der Waals surface area contributed by atoms with E-state index < -0.39 is 0 Å². The van der Waals surface area contributed by atoms with Crippen molar-refractivity contribution in [2.45, 2.75) is 13.5 Å². The molecule has 0 saturated heterocycles. The Balaban J connectivity index is 1.84. The molecule has 0 aromatic carbocycles. The van der Waals surface area contributed by atoms with E-state index in [1.165, 1.54) is 0 Å². The number of amides is 1. The molecule has 0 aliphatic carbocycles. The highest BCUT2D eigenvalue weighted by molar-refractivity contribution is 7.11. The van der Waals surface area contributed by atoms with Crippen molar-refractivity contribution >= 4 is 23.5 Å². The van der Waals surface area contributed by atoms with Gasteiger partial charge in [0.15, 0.2) is 0 Å². The Morgan fingerprint density at radius 1 is 1.71 bits per heavy atom. The Morgan fingerprint density at radius 3 is 3.24 bits per heavy atom. The molecule has 2 aromatic rings. The predicted molar refractivity (Wildman–Crippen MR) is 67.0 cm³/mol. The smallest absolute Gasteiger partial charge is 0.260 e. The van der Waals surface area contributed by atoms with Gasteiger partial charge in [-0.25, -0.2) is 10.4 Å². The average molecular weight is 248 g/mol. The topological polar surface area (TPSA) is 59.3 Å². The van der Waals surface area contributed by atoms with Crippen LogP contribution in [0.4, 0.5) is 0 Å². The van der Waals surface area contributed by atoms with E-state index in [4.69, 9.17) is 0 Å². The number of imidazole rings is 1. The van der Waals surface area contributed by atoms with Gasteiger partial charge in [-0.05, 0) is 18.4 Å². The lowest BCUT2D eigenvalue weighted by molar-refractivity contribution is -0.121. The van der Waals surface area contributed by atoms with Gasteiger partial charge < -0.3 is 4.57 Å². The number of nitrogens with one attached hydrogen (secondary N) is 1. The van der Waals surface area contributed by atoms with Crippen LogP contribution in [0.15, 0.2) is 35.0 Å². The van der Waals surface area contributed by atoms with Crippen molar-refractivity contribution in [1.29, 1.82) is 0 Å². The van der Waals surface area contributed by atoms with Gasteiger partial charge in [-0.3, -0.25) is 4.79 Å². The van der Waals surface area contributed by atoms with Gasteiger partial charge in [0.25, 0.3) is 5.91 Å². The van der Waals surface area contributed by atoms with Crippen molar-refractivity contribution in [3.05, 3.63) is 40.6 Å². The molecule has 6 heteroatoms. The van der Waals surface area contributed by atoms with Gasteiger partial charge in [-0.2, -0.15) is 5.10 Å². The maximum absolute atomic E-state index is 11.5. The summed E-state index contributed by atoms with van der Waals surface area (Å²) < 4.78 is 1.76. The van der Waals surface area contributed by atoms with E-state index >= 15 is 0 Å². The number of hydrazone groups is 1. The molecule has 0 bridgehead atoms. The van der Waals surface area contributed by atoms with Crippen molar-refractivity contribution < 1.29 is 4.79 Å². The average Bonchev–Trinajstić information content (AvgIpc) is 2.92. The molecular formula is C11H12N4OS. The fraction of sp³-hybridized carbons (Fsp3) is 0.182. The molecule has 0 aliphatic heterocycles. The molecule has 5 nitrogen and oxygen atoms in total. The zero-order valence-corrected chi connectivity index (χ0v) is 10.1. The first kappa shape index (κ1) is 11.5. The molecule has 1 amide bonds. The summed E-state index contributed by atoms with van der Waals surface area (Å²) in [7, 11) is 0. The number of rotatable bonds is 4. The first-order valence-electron chi connectivity index (χ1n) is 5.09. The lowest BCUT2D eigenvalue weighted by Gasteiger charge is -2.02. The molecule has 0 spiro atoms. The van der Waals surface area contributed by atoms with E-state index in [0.717, 1.165) is 10.7 Å². The van der Waals surface area contributed by atoms with Crippen LogP contribution in [0, 0.1) is 6.92 Å². The second-order valence-corrected chi connectivity index (χ2v) is 4.39. The molecule has 2 rings (SSSR count). The van der Waals surface area contributed by atoms with Crippen molar-refractivity contribution in [3.8, 4) is 0 Å². The first-order valence-corrected chi connectivity index (χ1v) is 5.97. The molecule has 88 valence electrons. The van der Waals surface area contributed by atoms with Crippen LogP contribution >= 0.6 is 11.3 Å². The van der Waals surface area contributed by atoms with E-state index in [0.29, 0.717) is 0 Å². The third-order valence-electron chi connectivity index (χ3n) is 2.16. The third-order valence-corrected chi connectivity index (χ3v) is 2.97. The summed E-state index contributed by atoms with van der Waals surface area (Å²) in [5.41, 5.74) is 2.48. The third kappa shape index (κ3) is 3.25. The lowest BCUT2D eigenvalue weighted by Crippen LogP contribution is -2.23. The first-order chi connectivity index (χ1) is 8.25. The van der Waals surface area contributed by atoms with Gasteiger partial charge in [-0.1, -0.05) is 6.07 Å². The minimum absolute atomic E-state index is 0.168. The monoisotopic (exact) mass is 248 g/mol. The Labute approximate surface area is 103 Å². The van der Waals surface area contributed by atoms with E-state index in [2.05, 4.69) is 15.5 Å². The van der Waals surface area contributed by atoms with Gasteiger partial charge >= 0.3 is 0 Å². The Bertz CT molecular complexity index is 515. The van der Waals surface area contributed by atoms with Crippen molar-refractivity contribution in [2.75, 3.05) is 0 Å². The molecule has 0 aliphatic rings. The molecule has 2 aromatic heterocycles. The van der Waals surface area contributed by atoms with Crippen LogP contribution in [0.2, 0.25) is 0 Å². The summed E-state index contributed by atoms with van der Waals surface area (Å²) in [5.74, 6) is 0.640. The van der Waals surface area contributed by atoms with Gasteiger partial charge in [-0.15, -0.1) is 11.3 Å². The van der Waals surface area contributed by atoms with E-state index in [1.54, 1.807) is 34.5 Å². The number of carbonyl (C=O) groups excluding carboxylic acids is 1. The standard InChI is InChI=1S/C11H12N4OS/c1-9-12-4-5-15(9)8-11(16)14-13-7-10-3-2-6-17-10/h2-7H,8H2,1H3,(H,14,16). The van der Waals surface area contributed by atoms with Crippen LogP contribution in [0.5, 0.6) is 0 Å². The van der Waals surface area contributed by atoms with Crippen LogP contribution in [-0.2, 0) is 11.3 Å². The zero-order valence-electron chi connectivity index (χ0n) is 9.33. The summed E-state index contributed by atoms with van der Waals surface area (Å²) in [6.45, 7) is 2.08. The van der Waals surface area contributed by atoms with Crippen LogP contribution in [0.1, 0.15) is 10.7 Å². The molecule has 1 N–H and O–H groups in total. The molecule has 17 heavy (non-hydrogen) atoms. The number of thiophene rings is 1.